The molecule has 0 radical (unpaired) electrons. The number of furan rings is 1. The van der Waals surface area contributed by atoms with Gasteiger partial charge >= 0.3 is 5.88 Å². The summed E-state index contributed by atoms with van der Waals surface area (Å²) in [6, 6.07) is 10.1. The second-order valence-electron chi connectivity index (χ2n) is 4.27. The fraction of sp³-hybridized carbons (Fsp3) is 0.0714. The van der Waals surface area contributed by atoms with Gasteiger partial charge in [-0.3, -0.25) is 14.9 Å². The molecule has 2 aromatic rings. The zero-order valence-corrected chi connectivity index (χ0v) is 9.83. The van der Waals surface area contributed by atoms with Crippen molar-refractivity contribution in [1.29, 1.82) is 0 Å². The van der Waals surface area contributed by atoms with Gasteiger partial charge in [0, 0.05) is 17.6 Å². The summed E-state index contributed by atoms with van der Waals surface area (Å²) in [5, 5.41) is 10.5. The zero-order valence-electron chi connectivity index (χ0n) is 9.83. The third kappa shape index (κ3) is 1.95. The predicted molar refractivity (Wildman–Crippen MR) is 67.8 cm³/mol. The summed E-state index contributed by atoms with van der Waals surface area (Å²) < 4.78 is 5.03. The highest BCUT2D eigenvalue weighted by atomic mass is 16.6. The van der Waals surface area contributed by atoms with Crippen LogP contribution in [-0.2, 0) is 6.42 Å². The summed E-state index contributed by atoms with van der Waals surface area (Å²) in [6.45, 7) is 0. The minimum absolute atomic E-state index is 0.0466. The monoisotopic (exact) mass is 255 g/mol. The number of nitrogens with zero attached hydrogens (tertiary/aromatic N) is 1. The lowest BCUT2D eigenvalue weighted by Crippen LogP contribution is -1.94. The van der Waals surface area contributed by atoms with E-state index in [1.54, 1.807) is 12.1 Å². The molecule has 1 aromatic heterocycles. The Labute approximate surface area is 108 Å². The normalized spacial score (nSPS) is 15.8. The van der Waals surface area contributed by atoms with Crippen LogP contribution in [0.15, 0.2) is 46.4 Å². The maximum Gasteiger partial charge on any atom is 0.433 e. The highest BCUT2D eigenvalue weighted by molar-refractivity contribution is 6.15. The maximum absolute atomic E-state index is 12.1. The van der Waals surface area contributed by atoms with Crippen LogP contribution in [0, 0.1) is 10.1 Å². The molecule has 1 aromatic carbocycles. The molecule has 0 N–H and O–H groups in total. The van der Waals surface area contributed by atoms with Gasteiger partial charge in [-0.25, -0.2) is 0 Å². The van der Waals surface area contributed by atoms with Gasteiger partial charge in [0.2, 0.25) is 0 Å². The van der Waals surface area contributed by atoms with Crippen molar-refractivity contribution in [2.75, 3.05) is 0 Å². The number of hydrogen-bond acceptors (Lipinski definition) is 4. The third-order valence-corrected chi connectivity index (χ3v) is 3.04. The topological polar surface area (TPSA) is 73.3 Å². The van der Waals surface area contributed by atoms with Crippen LogP contribution in [0.4, 0.5) is 5.88 Å². The Morgan fingerprint density at radius 2 is 2.00 bits per heavy atom. The van der Waals surface area contributed by atoms with Gasteiger partial charge in [0.25, 0.3) is 0 Å². The van der Waals surface area contributed by atoms with Crippen LogP contribution >= 0.6 is 0 Å². The van der Waals surface area contributed by atoms with Crippen molar-refractivity contribution in [1.82, 2.24) is 0 Å². The highest BCUT2D eigenvalue weighted by Crippen LogP contribution is 2.28. The lowest BCUT2D eigenvalue weighted by molar-refractivity contribution is -0.402. The van der Waals surface area contributed by atoms with Gasteiger partial charge in [-0.05, 0) is 17.7 Å². The van der Waals surface area contributed by atoms with Crippen molar-refractivity contribution in [2.24, 2.45) is 0 Å². The molecule has 0 spiro atoms. The Kier molecular flexibility index (Phi) is 2.52. The summed E-state index contributed by atoms with van der Waals surface area (Å²) in [6.07, 6.45) is 2.10. The van der Waals surface area contributed by atoms with Gasteiger partial charge in [-0.1, -0.05) is 24.3 Å². The number of nitro groups is 1. The molecule has 1 aliphatic rings. The zero-order chi connectivity index (χ0) is 13.4. The molecule has 0 unspecified atom stereocenters. The summed E-state index contributed by atoms with van der Waals surface area (Å²) >= 11 is 0. The predicted octanol–water partition coefficient (Wildman–Crippen LogP) is 3.01. The summed E-state index contributed by atoms with van der Waals surface area (Å²) in [4.78, 5) is 22.0. The first-order valence-corrected chi connectivity index (χ1v) is 5.72. The Bertz CT molecular complexity index is 712. The minimum atomic E-state index is -0.604. The molecule has 19 heavy (non-hydrogen) atoms. The lowest BCUT2D eigenvalue weighted by Gasteiger charge is -1.92. The number of allylic oxidation sites excluding steroid dienone is 1. The van der Waals surface area contributed by atoms with Crippen LogP contribution in [0.2, 0.25) is 0 Å². The van der Waals surface area contributed by atoms with E-state index in [9.17, 15) is 14.9 Å². The largest absolute Gasteiger partial charge is 0.433 e. The smallest absolute Gasteiger partial charge is 0.401 e. The molecule has 0 saturated carbocycles. The number of fused-ring (bicyclic) bond motifs is 1. The molecule has 0 fully saturated rings. The first-order valence-electron chi connectivity index (χ1n) is 5.72. The van der Waals surface area contributed by atoms with E-state index < -0.39 is 4.92 Å². The first kappa shape index (κ1) is 11.4. The first-order chi connectivity index (χ1) is 9.15. The second-order valence-corrected chi connectivity index (χ2v) is 4.27. The molecule has 0 amide bonds. The number of hydrogen-bond donors (Lipinski definition) is 0. The van der Waals surface area contributed by atoms with Crippen molar-refractivity contribution in [2.45, 2.75) is 6.42 Å². The quantitative estimate of drug-likeness (QED) is 0.469. The fourth-order valence-corrected chi connectivity index (χ4v) is 2.16. The molecule has 0 bridgehead atoms. The average Bonchev–Trinajstić information content (AvgIpc) is 2.97. The highest BCUT2D eigenvalue weighted by Gasteiger charge is 2.24. The fourth-order valence-electron chi connectivity index (χ4n) is 2.16. The van der Waals surface area contributed by atoms with Gasteiger partial charge in [-0.2, -0.15) is 0 Å². The van der Waals surface area contributed by atoms with E-state index in [4.69, 9.17) is 4.42 Å². The van der Waals surface area contributed by atoms with Gasteiger partial charge in [0.1, 0.15) is 10.7 Å². The molecule has 94 valence electrons. The van der Waals surface area contributed by atoms with Crippen LogP contribution in [0.1, 0.15) is 21.7 Å². The van der Waals surface area contributed by atoms with Crippen LogP contribution in [0.3, 0.4) is 0 Å². The lowest BCUT2D eigenvalue weighted by atomic mass is 10.1. The van der Waals surface area contributed by atoms with Crippen molar-refractivity contribution in [3.05, 3.63) is 69.0 Å². The molecule has 3 rings (SSSR count). The van der Waals surface area contributed by atoms with E-state index in [1.807, 2.05) is 18.2 Å². The Hall–Kier alpha value is -2.69. The molecule has 0 saturated heterocycles. The second kappa shape index (κ2) is 4.20. The number of ketones is 1. The van der Waals surface area contributed by atoms with Crippen LogP contribution < -0.4 is 0 Å². The average molecular weight is 255 g/mol. The Morgan fingerprint density at radius 3 is 2.68 bits per heavy atom. The van der Waals surface area contributed by atoms with Gasteiger partial charge in [-0.15, -0.1) is 0 Å². The maximum atomic E-state index is 12.1. The van der Waals surface area contributed by atoms with Crippen molar-refractivity contribution < 1.29 is 14.1 Å². The molecule has 1 heterocycles. The standard InChI is InChI=1S/C14H9NO4/c16-14-10(7-9-3-1-2-4-12(9)14)8-11-5-6-13(19-11)15(17)18/h1-6,8H,7H2. The van der Waals surface area contributed by atoms with Crippen LogP contribution in [0.25, 0.3) is 6.08 Å². The Morgan fingerprint density at radius 1 is 1.21 bits per heavy atom. The number of carbonyl (C=O) groups is 1. The molecule has 5 heteroatoms. The van der Waals surface area contributed by atoms with Crippen molar-refractivity contribution >= 4 is 17.7 Å². The SMILES string of the molecule is O=C1C(=Cc2ccc([N+](=O)[O-])o2)Cc2ccccc21. The van der Waals surface area contributed by atoms with Crippen molar-refractivity contribution in [3.8, 4) is 0 Å². The number of rotatable bonds is 2. The van der Waals surface area contributed by atoms with E-state index in [-0.39, 0.29) is 11.7 Å². The van der Waals surface area contributed by atoms with E-state index in [0.717, 1.165) is 5.56 Å². The van der Waals surface area contributed by atoms with E-state index in [0.29, 0.717) is 23.3 Å². The van der Waals surface area contributed by atoms with Crippen LogP contribution in [0.5, 0.6) is 0 Å². The number of benzene rings is 1. The van der Waals surface area contributed by atoms with Crippen molar-refractivity contribution in [3.63, 3.8) is 0 Å². The van der Waals surface area contributed by atoms with Gasteiger partial charge < -0.3 is 4.42 Å². The van der Waals surface area contributed by atoms with Gasteiger partial charge in [0.15, 0.2) is 5.78 Å². The molecule has 1 aliphatic carbocycles. The summed E-state index contributed by atoms with van der Waals surface area (Å²) in [5.74, 6) is -0.0488. The minimum Gasteiger partial charge on any atom is -0.401 e. The van der Waals surface area contributed by atoms with E-state index >= 15 is 0 Å². The number of Topliss-reactive ketones (excluding diaryl/α,β-unsaturated/α-hetero) is 1. The Balaban J connectivity index is 1.94. The molecule has 0 aliphatic heterocycles. The summed E-state index contributed by atoms with van der Waals surface area (Å²) in [7, 11) is 0. The van der Waals surface area contributed by atoms with E-state index in [2.05, 4.69) is 0 Å². The van der Waals surface area contributed by atoms with Crippen LogP contribution in [-0.4, -0.2) is 10.7 Å². The number of carbonyl (C=O) groups excluding carboxylic acids is 1. The molecule has 5 nitrogen and oxygen atoms in total. The molecular weight excluding hydrogens is 246 g/mol. The molecular formula is C14H9NO4. The molecule has 0 atom stereocenters. The van der Waals surface area contributed by atoms with E-state index in [1.165, 1.54) is 12.1 Å². The van der Waals surface area contributed by atoms with Gasteiger partial charge in [0.05, 0.1) is 6.07 Å². The third-order valence-electron chi connectivity index (χ3n) is 3.04. The summed E-state index contributed by atoms with van der Waals surface area (Å²) in [5.41, 5.74) is 2.25.